The molecule has 1 fully saturated rings. The Hall–Kier alpha value is -1.68. The number of phenols is 1. The van der Waals surface area contributed by atoms with Gasteiger partial charge in [-0.15, -0.1) is 0 Å². The van der Waals surface area contributed by atoms with E-state index >= 15 is 0 Å². The minimum atomic E-state index is -0.489. The number of aromatic hydroxyl groups is 1. The van der Waals surface area contributed by atoms with Crippen molar-refractivity contribution in [3.05, 3.63) is 33.0 Å². The van der Waals surface area contributed by atoms with E-state index in [1.165, 1.54) is 16.9 Å². The summed E-state index contributed by atoms with van der Waals surface area (Å²) >= 11 is 7.18. The Morgan fingerprint density at radius 1 is 1.50 bits per heavy atom. The van der Waals surface area contributed by atoms with Gasteiger partial charge in [-0.1, -0.05) is 6.07 Å². The summed E-state index contributed by atoms with van der Waals surface area (Å²) in [6.07, 6.45) is 1.63. The lowest BCUT2D eigenvalue weighted by Gasteiger charge is -2.16. The number of phenolic OH excluding ortho intramolecular Hbond substituents is 1. The van der Waals surface area contributed by atoms with Crippen LogP contribution in [0.2, 0.25) is 0 Å². The summed E-state index contributed by atoms with van der Waals surface area (Å²) in [5, 5.41) is 9.79. The number of carbonyl (C=O) groups is 2. The molecule has 6 nitrogen and oxygen atoms in total. The Kier molecular flexibility index (Phi) is 5.01. The first-order valence-electron chi connectivity index (χ1n) is 6.21. The van der Waals surface area contributed by atoms with Gasteiger partial charge in [0.25, 0.3) is 5.91 Å². The molecule has 1 saturated heterocycles. The van der Waals surface area contributed by atoms with Crippen LogP contribution in [0.15, 0.2) is 23.9 Å². The number of likely N-dealkylation sites (N-methyl/N-ethyl adjacent to an activating group) is 1. The number of esters is 1. The summed E-state index contributed by atoms with van der Waals surface area (Å²) < 4.78 is 5.29. The third kappa shape index (κ3) is 3.22. The van der Waals surface area contributed by atoms with E-state index in [9.17, 15) is 14.7 Å². The highest BCUT2D eigenvalue weighted by molar-refractivity contribution is 14.1. The first kappa shape index (κ1) is 16.7. The van der Waals surface area contributed by atoms with Crippen molar-refractivity contribution in [1.29, 1.82) is 0 Å². The van der Waals surface area contributed by atoms with Gasteiger partial charge in [0.1, 0.15) is 18.0 Å². The molecule has 1 aliphatic rings. The van der Waals surface area contributed by atoms with Crippen molar-refractivity contribution in [1.82, 2.24) is 9.80 Å². The van der Waals surface area contributed by atoms with Crippen LogP contribution in [0.25, 0.3) is 6.08 Å². The third-order valence-electron chi connectivity index (χ3n) is 3.12. The van der Waals surface area contributed by atoms with Gasteiger partial charge in [-0.25, -0.2) is 0 Å². The fourth-order valence-corrected chi connectivity index (χ4v) is 2.70. The average molecular weight is 432 g/mol. The summed E-state index contributed by atoms with van der Waals surface area (Å²) in [7, 11) is 2.83. The number of methoxy groups -OCH3 is 1. The van der Waals surface area contributed by atoms with Crippen LogP contribution in [0.3, 0.4) is 0 Å². The SMILES string of the molecule is COC(=O)CN1C(=S)N(C)C(=O)C1=Cc1ccc(O)c(I)c1. The van der Waals surface area contributed by atoms with Gasteiger partial charge in [-0.3, -0.25) is 14.5 Å². The van der Waals surface area contributed by atoms with Crippen molar-refractivity contribution in [2.75, 3.05) is 20.7 Å². The zero-order valence-electron chi connectivity index (χ0n) is 11.9. The molecule has 1 aliphatic heterocycles. The smallest absolute Gasteiger partial charge is 0.325 e. The maximum Gasteiger partial charge on any atom is 0.325 e. The number of amides is 1. The van der Waals surface area contributed by atoms with Crippen LogP contribution in [0, 0.1) is 3.57 Å². The summed E-state index contributed by atoms with van der Waals surface area (Å²) in [6, 6.07) is 4.95. The van der Waals surface area contributed by atoms with Gasteiger partial charge >= 0.3 is 5.97 Å². The number of thiocarbonyl (C=S) groups is 1. The van der Waals surface area contributed by atoms with E-state index in [1.54, 1.807) is 31.3 Å². The highest BCUT2D eigenvalue weighted by Crippen LogP contribution is 2.25. The van der Waals surface area contributed by atoms with Crippen LogP contribution < -0.4 is 0 Å². The number of nitrogens with zero attached hydrogens (tertiary/aromatic N) is 2. The Bertz CT molecular complexity index is 689. The molecule has 1 heterocycles. The van der Waals surface area contributed by atoms with Crippen LogP contribution in [0.1, 0.15) is 5.56 Å². The van der Waals surface area contributed by atoms with Crippen molar-refractivity contribution in [3.8, 4) is 5.75 Å². The molecule has 0 radical (unpaired) electrons. The van der Waals surface area contributed by atoms with E-state index in [0.717, 1.165) is 5.56 Å². The largest absolute Gasteiger partial charge is 0.507 e. The van der Waals surface area contributed by atoms with Gasteiger partial charge in [0.2, 0.25) is 0 Å². The average Bonchev–Trinajstić information content (AvgIpc) is 2.68. The zero-order chi connectivity index (χ0) is 16.4. The molecule has 0 aliphatic carbocycles. The predicted octanol–water partition coefficient (Wildman–Crippen LogP) is 1.57. The van der Waals surface area contributed by atoms with Gasteiger partial charge < -0.3 is 14.7 Å². The fraction of sp³-hybridized carbons (Fsp3) is 0.214. The highest BCUT2D eigenvalue weighted by atomic mass is 127. The molecule has 1 aromatic carbocycles. The van der Waals surface area contributed by atoms with Gasteiger partial charge in [0.15, 0.2) is 5.11 Å². The topological polar surface area (TPSA) is 70.1 Å². The predicted molar refractivity (Wildman–Crippen MR) is 92.9 cm³/mol. The van der Waals surface area contributed by atoms with Crippen molar-refractivity contribution >= 4 is 57.9 Å². The monoisotopic (exact) mass is 432 g/mol. The van der Waals surface area contributed by atoms with E-state index in [2.05, 4.69) is 4.74 Å². The summed E-state index contributed by atoms with van der Waals surface area (Å²) in [6.45, 7) is -0.133. The fourth-order valence-electron chi connectivity index (χ4n) is 1.92. The van der Waals surface area contributed by atoms with E-state index in [-0.39, 0.29) is 23.3 Å². The molecule has 116 valence electrons. The second-order valence-electron chi connectivity index (χ2n) is 4.55. The van der Waals surface area contributed by atoms with Crippen LogP contribution >= 0.6 is 34.8 Å². The second-order valence-corrected chi connectivity index (χ2v) is 6.08. The van der Waals surface area contributed by atoms with E-state index < -0.39 is 5.97 Å². The molecule has 22 heavy (non-hydrogen) atoms. The Balaban J connectivity index is 2.41. The quantitative estimate of drug-likeness (QED) is 0.339. The number of carbonyl (C=O) groups excluding carboxylic acids is 2. The zero-order valence-corrected chi connectivity index (χ0v) is 14.8. The molecule has 1 aromatic rings. The minimum Gasteiger partial charge on any atom is -0.507 e. The standard InChI is InChI=1S/C14H13IN2O4S/c1-16-13(20)10(17(14(16)22)7-12(19)21-2)6-8-3-4-11(18)9(15)5-8/h3-6,18H,7H2,1-2H3. The molecule has 8 heteroatoms. The van der Waals surface area contributed by atoms with E-state index in [0.29, 0.717) is 9.27 Å². The lowest BCUT2D eigenvalue weighted by molar-refractivity contribution is -0.140. The van der Waals surface area contributed by atoms with Crippen molar-refractivity contribution in [3.63, 3.8) is 0 Å². The molecule has 0 bridgehead atoms. The second kappa shape index (κ2) is 6.61. The molecule has 0 saturated carbocycles. The molecule has 0 aromatic heterocycles. The van der Waals surface area contributed by atoms with Crippen molar-refractivity contribution < 1.29 is 19.4 Å². The highest BCUT2D eigenvalue weighted by Gasteiger charge is 2.36. The van der Waals surface area contributed by atoms with Crippen LogP contribution in [-0.2, 0) is 14.3 Å². The summed E-state index contributed by atoms with van der Waals surface area (Å²) in [4.78, 5) is 26.5. The van der Waals surface area contributed by atoms with Gasteiger partial charge in [-0.05, 0) is 58.6 Å². The van der Waals surface area contributed by atoms with Gasteiger partial charge in [0, 0.05) is 7.05 Å². The van der Waals surface area contributed by atoms with Crippen LogP contribution in [0.5, 0.6) is 5.75 Å². The normalized spacial score (nSPS) is 16.6. The maximum absolute atomic E-state index is 12.3. The van der Waals surface area contributed by atoms with Gasteiger partial charge in [0.05, 0.1) is 10.7 Å². The number of ether oxygens (including phenoxy) is 1. The lowest BCUT2D eigenvalue weighted by Crippen LogP contribution is -2.33. The molecule has 1 N–H and O–H groups in total. The summed E-state index contributed by atoms with van der Waals surface area (Å²) in [5.74, 6) is -0.617. The van der Waals surface area contributed by atoms with Gasteiger partial charge in [-0.2, -0.15) is 0 Å². The minimum absolute atomic E-state index is 0.133. The molecule has 2 rings (SSSR count). The number of rotatable bonds is 3. The summed E-state index contributed by atoms with van der Waals surface area (Å²) in [5.41, 5.74) is 1.01. The number of benzene rings is 1. The lowest BCUT2D eigenvalue weighted by atomic mass is 10.1. The van der Waals surface area contributed by atoms with Crippen LogP contribution in [-0.4, -0.2) is 52.6 Å². The third-order valence-corrected chi connectivity index (χ3v) is 4.48. The molecule has 0 unspecified atom stereocenters. The number of halogens is 1. The molecule has 0 spiro atoms. The molecular weight excluding hydrogens is 419 g/mol. The molecular formula is C14H13IN2O4S. The Morgan fingerprint density at radius 3 is 2.77 bits per heavy atom. The first-order chi connectivity index (χ1) is 10.3. The number of hydrogen-bond acceptors (Lipinski definition) is 5. The number of hydrogen-bond donors (Lipinski definition) is 1. The first-order valence-corrected chi connectivity index (χ1v) is 7.70. The van der Waals surface area contributed by atoms with E-state index in [1.807, 2.05) is 22.6 Å². The van der Waals surface area contributed by atoms with E-state index in [4.69, 9.17) is 12.2 Å². The Labute approximate surface area is 146 Å². The van der Waals surface area contributed by atoms with Crippen molar-refractivity contribution in [2.45, 2.75) is 0 Å². The maximum atomic E-state index is 12.3. The molecule has 1 amide bonds. The van der Waals surface area contributed by atoms with Crippen LogP contribution in [0.4, 0.5) is 0 Å². The molecule has 0 atom stereocenters. The van der Waals surface area contributed by atoms with Crippen molar-refractivity contribution in [2.24, 2.45) is 0 Å². The Morgan fingerprint density at radius 2 is 2.18 bits per heavy atom.